The van der Waals surface area contributed by atoms with Crippen molar-refractivity contribution >= 4 is 51.3 Å². The monoisotopic (exact) mass is 615 g/mol. The summed E-state index contributed by atoms with van der Waals surface area (Å²) in [5.74, 6) is -1.18. The van der Waals surface area contributed by atoms with Crippen LogP contribution in [0, 0.1) is 5.82 Å². The van der Waals surface area contributed by atoms with Crippen molar-refractivity contribution in [2.75, 3.05) is 4.90 Å². The first kappa shape index (κ1) is 27.8. The Hall–Kier alpha value is -4.32. The Bertz CT molecular complexity index is 1760. The van der Waals surface area contributed by atoms with Crippen molar-refractivity contribution in [2.45, 2.75) is 22.7 Å². The highest BCUT2D eigenvalue weighted by atomic mass is 32.2. The van der Waals surface area contributed by atoms with Crippen LogP contribution in [0.5, 0.6) is 5.75 Å². The molecule has 2 aromatic heterocycles. The normalized spacial score (nSPS) is 14.9. The number of aliphatic hydroxyl groups is 1. The molecule has 0 fully saturated rings. The minimum Gasteiger partial charge on any atom is -0.503 e. The van der Waals surface area contributed by atoms with Gasteiger partial charge in [0.15, 0.2) is 10.1 Å². The predicted molar refractivity (Wildman–Crippen MR) is 162 cm³/mol. The number of thioether (sulfide) groups is 1. The van der Waals surface area contributed by atoms with E-state index >= 15 is 0 Å². The molecule has 0 saturated carbocycles. The maximum absolute atomic E-state index is 14.1. The van der Waals surface area contributed by atoms with Gasteiger partial charge in [-0.05, 0) is 46.3 Å². The van der Waals surface area contributed by atoms with Crippen LogP contribution in [0.3, 0.4) is 0 Å². The lowest BCUT2D eigenvalue weighted by Crippen LogP contribution is -2.31. The number of ketones is 1. The Labute approximate surface area is 252 Å². The second-order valence-corrected chi connectivity index (χ2v) is 12.3. The zero-order valence-electron chi connectivity index (χ0n) is 21.8. The third-order valence-corrected chi connectivity index (χ3v) is 9.53. The molecule has 1 aliphatic rings. The van der Waals surface area contributed by atoms with E-state index in [1.54, 1.807) is 60.0 Å². The number of carbonyl (C=O) groups is 2. The molecule has 42 heavy (non-hydrogen) atoms. The molecule has 3 aromatic carbocycles. The molecule has 6 rings (SSSR count). The Morgan fingerprint density at radius 1 is 0.976 bits per heavy atom. The van der Waals surface area contributed by atoms with Gasteiger partial charge in [0.05, 0.1) is 16.5 Å². The first-order valence-electron chi connectivity index (χ1n) is 12.8. The van der Waals surface area contributed by atoms with Crippen molar-refractivity contribution in [2.24, 2.45) is 0 Å². The number of rotatable bonds is 10. The van der Waals surface area contributed by atoms with Gasteiger partial charge in [-0.15, -0.1) is 21.5 Å². The van der Waals surface area contributed by atoms with Crippen molar-refractivity contribution < 1.29 is 23.8 Å². The topological polar surface area (TPSA) is 92.6 Å². The van der Waals surface area contributed by atoms with E-state index in [2.05, 4.69) is 10.2 Å². The Kier molecular flexibility index (Phi) is 8.13. The zero-order chi connectivity index (χ0) is 29.1. The number of nitrogens with zero attached hydrogens (tertiary/aromatic N) is 3. The van der Waals surface area contributed by atoms with Crippen molar-refractivity contribution in [1.29, 1.82) is 0 Å². The number of benzene rings is 3. The van der Waals surface area contributed by atoms with Crippen LogP contribution in [-0.4, -0.2) is 27.0 Å². The maximum atomic E-state index is 14.1. The van der Waals surface area contributed by atoms with Crippen LogP contribution in [0.2, 0.25) is 0 Å². The molecular weight excluding hydrogens is 594 g/mol. The number of Topliss-reactive ketones (excluding diaryl/α,β-unsaturated/α-hetero) is 1. The number of carbonyl (C=O) groups excluding carboxylic acids is 2. The second-order valence-electron chi connectivity index (χ2n) is 9.22. The van der Waals surface area contributed by atoms with Crippen LogP contribution in [0.4, 0.5) is 9.52 Å². The molecule has 1 atom stereocenters. The van der Waals surface area contributed by atoms with E-state index in [9.17, 15) is 19.1 Å². The number of ether oxygens (including phenoxy) is 1. The smallest absolute Gasteiger partial charge is 0.296 e. The van der Waals surface area contributed by atoms with E-state index in [4.69, 9.17) is 4.74 Å². The van der Waals surface area contributed by atoms with Crippen molar-refractivity contribution in [3.05, 3.63) is 135 Å². The lowest BCUT2D eigenvalue weighted by atomic mass is 9.95. The largest absolute Gasteiger partial charge is 0.503 e. The number of amides is 1. The molecule has 1 aliphatic heterocycles. The van der Waals surface area contributed by atoms with Crippen molar-refractivity contribution in [3.8, 4) is 5.75 Å². The van der Waals surface area contributed by atoms with Gasteiger partial charge in [-0.1, -0.05) is 89.8 Å². The number of aromatic nitrogens is 2. The summed E-state index contributed by atoms with van der Waals surface area (Å²) in [7, 11) is 0. The van der Waals surface area contributed by atoms with Gasteiger partial charge >= 0.3 is 0 Å². The highest BCUT2D eigenvalue weighted by molar-refractivity contribution is 8.00. The first-order valence-corrected chi connectivity index (χ1v) is 15.5. The molecule has 1 N–H and O–H groups in total. The average Bonchev–Trinajstić information content (AvgIpc) is 3.77. The molecule has 1 unspecified atom stereocenters. The second kappa shape index (κ2) is 12.3. The van der Waals surface area contributed by atoms with E-state index in [1.807, 2.05) is 30.3 Å². The average molecular weight is 616 g/mol. The van der Waals surface area contributed by atoms with E-state index in [1.165, 1.54) is 34.1 Å². The molecule has 0 spiro atoms. The fourth-order valence-corrected chi connectivity index (χ4v) is 7.02. The van der Waals surface area contributed by atoms with Crippen LogP contribution in [0.15, 0.2) is 112 Å². The number of thiophene rings is 1. The van der Waals surface area contributed by atoms with Gasteiger partial charge in [0.2, 0.25) is 10.9 Å². The third-order valence-electron chi connectivity index (χ3n) is 6.55. The van der Waals surface area contributed by atoms with Gasteiger partial charge in [-0.3, -0.25) is 14.5 Å². The Balaban J connectivity index is 1.29. The molecule has 5 aromatic rings. The van der Waals surface area contributed by atoms with E-state index in [0.29, 0.717) is 38.5 Å². The molecular formula is C31H22FN3O4S3. The molecule has 210 valence electrons. The fraction of sp³-hybridized carbons (Fsp3) is 0.0968. The van der Waals surface area contributed by atoms with Crippen molar-refractivity contribution in [3.63, 3.8) is 0 Å². The molecule has 0 saturated heterocycles. The summed E-state index contributed by atoms with van der Waals surface area (Å²) in [6.07, 6.45) is 0. The van der Waals surface area contributed by atoms with Gasteiger partial charge < -0.3 is 9.84 Å². The molecule has 3 heterocycles. The van der Waals surface area contributed by atoms with Crippen molar-refractivity contribution in [1.82, 2.24) is 10.2 Å². The summed E-state index contributed by atoms with van der Waals surface area (Å²) in [6, 6.07) is 25.7. The SMILES string of the molecule is O=C(C1=C(O)C(=O)N(c2nnc(SCc3ccccc3F)s2)C1c1ccc(OCc2ccccc2)cc1)c1cccs1. The summed E-state index contributed by atoms with van der Waals surface area (Å²) in [6.45, 7) is 0.384. The van der Waals surface area contributed by atoms with Crippen LogP contribution < -0.4 is 9.64 Å². The standard InChI is InChI=1S/C31H22FN3O4S3/c32-23-10-5-4-9-21(23)18-41-31-34-33-30(42-31)35-26(25(28(37)29(35)38)27(36)24-11-6-16-40-24)20-12-14-22(15-13-20)39-17-19-7-2-1-3-8-19/h1-16,26,37H,17-18H2. The lowest BCUT2D eigenvalue weighted by Gasteiger charge is -2.24. The molecule has 0 bridgehead atoms. The summed E-state index contributed by atoms with van der Waals surface area (Å²) in [4.78, 5) is 28.7. The summed E-state index contributed by atoms with van der Waals surface area (Å²) < 4.78 is 20.5. The molecule has 1 amide bonds. The van der Waals surface area contributed by atoms with Crippen LogP contribution >= 0.6 is 34.4 Å². The number of aliphatic hydroxyl groups excluding tert-OH is 1. The quantitative estimate of drug-likeness (QED) is 0.0995. The highest BCUT2D eigenvalue weighted by Gasteiger charge is 2.46. The fourth-order valence-electron chi connectivity index (χ4n) is 4.49. The third kappa shape index (κ3) is 5.71. The number of halogens is 1. The minimum atomic E-state index is -0.937. The summed E-state index contributed by atoms with van der Waals surface area (Å²) in [5, 5.41) is 21.4. The summed E-state index contributed by atoms with van der Waals surface area (Å²) >= 11 is 3.65. The molecule has 0 aliphatic carbocycles. The van der Waals surface area contributed by atoms with Gasteiger partial charge in [0.1, 0.15) is 18.2 Å². The Morgan fingerprint density at radius 3 is 2.48 bits per heavy atom. The lowest BCUT2D eigenvalue weighted by molar-refractivity contribution is -0.117. The van der Waals surface area contributed by atoms with E-state index in [0.717, 1.165) is 16.9 Å². The van der Waals surface area contributed by atoms with E-state index in [-0.39, 0.29) is 16.5 Å². The van der Waals surface area contributed by atoms with Gasteiger partial charge in [-0.25, -0.2) is 4.39 Å². The van der Waals surface area contributed by atoms with Gasteiger partial charge in [-0.2, -0.15) is 0 Å². The number of anilines is 1. The molecule has 0 radical (unpaired) electrons. The van der Waals surface area contributed by atoms with Crippen LogP contribution in [-0.2, 0) is 17.2 Å². The molecule has 11 heteroatoms. The van der Waals surface area contributed by atoms with E-state index < -0.39 is 23.5 Å². The van der Waals surface area contributed by atoms with Crippen LogP contribution in [0.1, 0.15) is 32.4 Å². The van der Waals surface area contributed by atoms with Gasteiger partial charge in [0.25, 0.3) is 5.91 Å². The summed E-state index contributed by atoms with van der Waals surface area (Å²) in [5.41, 5.74) is 2.10. The van der Waals surface area contributed by atoms with Crippen LogP contribution in [0.25, 0.3) is 0 Å². The number of hydrogen-bond donors (Lipinski definition) is 1. The number of hydrogen-bond acceptors (Lipinski definition) is 9. The van der Waals surface area contributed by atoms with Gasteiger partial charge in [0, 0.05) is 5.75 Å². The minimum absolute atomic E-state index is 0.0313. The maximum Gasteiger partial charge on any atom is 0.296 e. The Morgan fingerprint density at radius 2 is 1.74 bits per heavy atom. The first-order chi connectivity index (χ1) is 20.5. The predicted octanol–water partition coefficient (Wildman–Crippen LogP) is 7.39. The highest BCUT2D eigenvalue weighted by Crippen LogP contribution is 2.44. The zero-order valence-corrected chi connectivity index (χ0v) is 24.3. The molecule has 7 nitrogen and oxygen atoms in total.